The number of hydrogen-bond donors (Lipinski definition) is 1. The van der Waals surface area contributed by atoms with Gasteiger partial charge in [-0.1, -0.05) is 0 Å². The van der Waals surface area contributed by atoms with E-state index in [0.717, 1.165) is 32.7 Å². The SMILES string of the molecule is COCCNC(=O)N1CCN(Cc2ccsc2)CC1. The van der Waals surface area contributed by atoms with Crippen LogP contribution in [0.15, 0.2) is 16.8 Å². The zero-order chi connectivity index (χ0) is 13.5. The Hall–Kier alpha value is -1.11. The third kappa shape index (κ3) is 4.49. The van der Waals surface area contributed by atoms with E-state index in [4.69, 9.17) is 4.74 Å². The van der Waals surface area contributed by atoms with Crippen LogP contribution in [0.2, 0.25) is 0 Å². The number of rotatable bonds is 5. The van der Waals surface area contributed by atoms with Gasteiger partial charge < -0.3 is 15.0 Å². The highest BCUT2D eigenvalue weighted by molar-refractivity contribution is 7.07. The summed E-state index contributed by atoms with van der Waals surface area (Å²) in [6.07, 6.45) is 0. The second-order valence-corrected chi connectivity index (χ2v) is 5.40. The van der Waals surface area contributed by atoms with Crippen LogP contribution in [0.5, 0.6) is 0 Å². The molecule has 2 rings (SSSR count). The fourth-order valence-electron chi connectivity index (χ4n) is 2.12. The Kier molecular flexibility index (Phi) is 5.62. The molecule has 0 aromatic carbocycles. The van der Waals surface area contributed by atoms with Crippen molar-refractivity contribution in [2.45, 2.75) is 6.54 Å². The van der Waals surface area contributed by atoms with Crippen LogP contribution in [0, 0.1) is 0 Å². The molecule has 1 fully saturated rings. The number of methoxy groups -OCH3 is 1. The number of piperazine rings is 1. The molecule has 2 amide bonds. The molecule has 0 aliphatic carbocycles. The van der Waals surface area contributed by atoms with Crippen LogP contribution in [0.3, 0.4) is 0 Å². The molecule has 0 radical (unpaired) electrons. The number of nitrogens with zero attached hydrogens (tertiary/aromatic N) is 2. The van der Waals surface area contributed by atoms with Crippen molar-refractivity contribution >= 4 is 17.4 Å². The van der Waals surface area contributed by atoms with Gasteiger partial charge in [-0.3, -0.25) is 4.90 Å². The minimum absolute atomic E-state index is 0.0206. The fraction of sp³-hybridized carbons (Fsp3) is 0.615. The standard InChI is InChI=1S/C13H21N3O2S/c1-18-8-3-14-13(17)16-6-4-15(5-7-16)10-12-2-9-19-11-12/h2,9,11H,3-8,10H2,1H3,(H,14,17). The Bertz CT molecular complexity index is 375. The Morgan fingerprint density at radius 1 is 1.42 bits per heavy atom. The maximum absolute atomic E-state index is 11.8. The topological polar surface area (TPSA) is 44.8 Å². The molecule has 1 aromatic heterocycles. The van der Waals surface area contributed by atoms with Gasteiger partial charge in [-0.05, 0) is 22.4 Å². The van der Waals surface area contributed by atoms with Crippen LogP contribution >= 0.6 is 11.3 Å². The zero-order valence-corrected chi connectivity index (χ0v) is 12.1. The van der Waals surface area contributed by atoms with Gasteiger partial charge in [0.2, 0.25) is 0 Å². The minimum Gasteiger partial charge on any atom is -0.383 e. The highest BCUT2D eigenvalue weighted by Gasteiger charge is 2.20. The number of thiophene rings is 1. The van der Waals surface area contributed by atoms with Gasteiger partial charge in [0.15, 0.2) is 0 Å². The molecule has 6 heteroatoms. The summed E-state index contributed by atoms with van der Waals surface area (Å²) in [6.45, 7) is 5.59. The smallest absolute Gasteiger partial charge is 0.317 e. The van der Waals surface area contributed by atoms with Crippen molar-refractivity contribution in [2.75, 3.05) is 46.4 Å². The van der Waals surface area contributed by atoms with Crippen LogP contribution in [0.25, 0.3) is 0 Å². The predicted molar refractivity (Wildman–Crippen MR) is 76.4 cm³/mol. The van der Waals surface area contributed by atoms with Crippen LogP contribution in [0.4, 0.5) is 4.79 Å². The van der Waals surface area contributed by atoms with Gasteiger partial charge >= 0.3 is 6.03 Å². The molecule has 5 nitrogen and oxygen atoms in total. The van der Waals surface area contributed by atoms with E-state index in [0.29, 0.717) is 13.2 Å². The predicted octanol–water partition coefficient (Wildman–Crippen LogP) is 1.22. The summed E-state index contributed by atoms with van der Waals surface area (Å²) in [5, 5.41) is 7.15. The molecule has 1 N–H and O–H groups in total. The van der Waals surface area contributed by atoms with E-state index in [-0.39, 0.29) is 6.03 Å². The summed E-state index contributed by atoms with van der Waals surface area (Å²) >= 11 is 1.73. The molecular weight excluding hydrogens is 262 g/mol. The summed E-state index contributed by atoms with van der Waals surface area (Å²) in [6, 6.07) is 2.18. The third-order valence-electron chi connectivity index (χ3n) is 3.23. The summed E-state index contributed by atoms with van der Waals surface area (Å²) in [4.78, 5) is 16.1. The molecule has 0 spiro atoms. The normalized spacial score (nSPS) is 16.6. The lowest BCUT2D eigenvalue weighted by atomic mass is 10.2. The van der Waals surface area contributed by atoms with Gasteiger partial charge in [0.1, 0.15) is 0 Å². The van der Waals surface area contributed by atoms with Crippen LogP contribution in [0.1, 0.15) is 5.56 Å². The van der Waals surface area contributed by atoms with E-state index >= 15 is 0 Å². The first-order valence-corrected chi connectivity index (χ1v) is 7.49. The van der Waals surface area contributed by atoms with Crippen molar-refractivity contribution in [3.05, 3.63) is 22.4 Å². The van der Waals surface area contributed by atoms with E-state index in [2.05, 4.69) is 27.0 Å². The number of carbonyl (C=O) groups excluding carboxylic acids is 1. The second-order valence-electron chi connectivity index (χ2n) is 4.62. The number of ether oxygens (including phenoxy) is 1. The van der Waals surface area contributed by atoms with Gasteiger partial charge in [-0.15, -0.1) is 0 Å². The molecule has 19 heavy (non-hydrogen) atoms. The molecule has 0 atom stereocenters. The number of hydrogen-bond acceptors (Lipinski definition) is 4. The van der Waals surface area contributed by atoms with E-state index in [1.807, 2.05) is 4.90 Å². The number of nitrogens with one attached hydrogen (secondary N) is 1. The van der Waals surface area contributed by atoms with Gasteiger partial charge in [0, 0.05) is 46.4 Å². The average molecular weight is 283 g/mol. The monoisotopic (exact) mass is 283 g/mol. The molecule has 0 bridgehead atoms. The molecule has 106 valence electrons. The molecule has 0 unspecified atom stereocenters. The van der Waals surface area contributed by atoms with E-state index in [1.54, 1.807) is 18.4 Å². The van der Waals surface area contributed by atoms with E-state index < -0.39 is 0 Å². The first kappa shape index (κ1) is 14.3. The molecule has 1 aromatic rings. The number of amides is 2. The number of urea groups is 1. The summed E-state index contributed by atoms with van der Waals surface area (Å²) in [5.74, 6) is 0. The quantitative estimate of drug-likeness (QED) is 0.827. The molecule has 0 saturated carbocycles. The maximum Gasteiger partial charge on any atom is 0.317 e. The van der Waals surface area contributed by atoms with Crippen LogP contribution in [-0.4, -0.2) is 62.3 Å². The summed E-state index contributed by atoms with van der Waals surface area (Å²) in [5.41, 5.74) is 1.36. The third-order valence-corrected chi connectivity index (χ3v) is 3.96. The van der Waals surface area contributed by atoms with Gasteiger partial charge in [-0.25, -0.2) is 4.79 Å². The molecule has 2 heterocycles. The minimum atomic E-state index is 0.0206. The Morgan fingerprint density at radius 3 is 2.84 bits per heavy atom. The zero-order valence-electron chi connectivity index (χ0n) is 11.3. The lowest BCUT2D eigenvalue weighted by Crippen LogP contribution is -2.51. The lowest BCUT2D eigenvalue weighted by molar-refractivity contribution is 0.132. The maximum atomic E-state index is 11.8. The lowest BCUT2D eigenvalue weighted by Gasteiger charge is -2.34. The Balaban J connectivity index is 1.68. The first-order valence-electron chi connectivity index (χ1n) is 6.54. The van der Waals surface area contributed by atoms with Crippen LogP contribution < -0.4 is 5.32 Å². The van der Waals surface area contributed by atoms with Crippen LogP contribution in [-0.2, 0) is 11.3 Å². The summed E-state index contributed by atoms with van der Waals surface area (Å²) < 4.78 is 4.91. The fourth-order valence-corrected chi connectivity index (χ4v) is 2.78. The van der Waals surface area contributed by atoms with Crippen molar-refractivity contribution in [1.82, 2.24) is 15.1 Å². The van der Waals surface area contributed by atoms with Gasteiger partial charge in [-0.2, -0.15) is 11.3 Å². The second kappa shape index (κ2) is 7.47. The molecule has 1 saturated heterocycles. The summed E-state index contributed by atoms with van der Waals surface area (Å²) in [7, 11) is 1.63. The highest BCUT2D eigenvalue weighted by Crippen LogP contribution is 2.11. The van der Waals surface area contributed by atoms with Crippen molar-refractivity contribution in [3.63, 3.8) is 0 Å². The molecule has 1 aliphatic rings. The van der Waals surface area contributed by atoms with Crippen molar-refractivity contribution < 1.29 is 9.53 Å². The van der Waals surface area contributed by atoms with Crippen molar-refractivity contribution in [1.29, 1.82) is 0 Å². The van der Waals surface area contributed by atoms with Gasteiger partial charge in [0.05, 0.1) is 6.61 Å². The number of carbonyl (C=O) groups is 1. The Labute approximate surface area is 118 Å². The van der Waals surface area contributed by atoms with E-state index in [1.165, 1.54) is 5.56 Å². The largest absolute Gasteiger partial charge is 0.383 e. The van der Waals surface area contributed by atoms with Crippen molar-refractivity contribution in [3.8, 4) is 0 Å². The van der Waals surface area contributed by atoms with E-state index in [9.17, 15) is 4.79 Å². The first-order chi connectivity index (χ1) is 9.29. The Morgan fingerprint density at radius 2 is 2.21 bits per heavy atom. The average Bonchev–Trinajstić information content (AvgIpc) is 2.93. The highest BCUT2D eigenvalue weighted by atomic mass is 32.1. The van der Waals surface area contributed by atoms with Gasteiger partial charge in [0.25, 0.3) is 0 Å². The van der Waals surface area contributed by atoms with Crippen molar-refractivity contribution in [2.24, 2.45) is 0 Å². The molecule has 1 aliphatic heterocycles. The molecular formula is C13H21N3O2S.